The smallest absolute Gasteiger partial charge is 0.127 e. The summed E-state index contributed by atoms with van der Waals surface area (Å²) in [7, 11) is -0.925. The summed E-state index contributed by atoms with van der Waals surface area (Å²) < 4.78 is 13.9. The average Bonchev–Trinajstić information content (AvgIpc) is 2.71. The van der Waals surface area contributed by atoms with E-state index in [2.05, 4.69) is 0 Å². The number of nitrogens with zero attached hydrogens (tertiary/aromatic N) is 1. The van der Waals surface area contributed by atoms with Crippen molar-refractivity contribution in [3.05, 3.63) is 30.3 Å². The fourth-order valence-electron chi connectivity index (χ4n) is 1.54. The van der Waals surface area contributed by atoms with Gasteiger partial charge in [-0.2, -0.15) is 0 Å². The van der Waals surface area contributed by atoms with Gasteiger partial charge in [-0.15, -0.1) is 0 Å². The van der Waals surface area contributed by atoms with Crippen molar-refractivity contribution in [1.29, 1.82) is 0 Å². The average molecular weight is 195 g/mol. The van der Waals surface area contributed by atoms with Gasteiger partial charge in [0.05, 0.1) is 4.90 Å². The van der Waals surface area contributed by atoms with Crippen molar-refractivity contribution in [3.63, 3.8) is 0 Å². The lowest BCUT2D eigenvalue weighted by molar-refractivity contribution is 0.536. The minimum atomic E-state index is -0.925. The van der Waals surface area contributed by atoms with E-state index in [0.717, 1.165) is 18.0 Å². The van der Waals surface area contributed by atoms with Crippen molar-refractivity contribution in [1.82, 2.24) is 4.31 Å². The van der Waals surface area contributed by atoms with Crippen molar-refractivity contribution in [3.8, 4) is 0 Å². The summed E-state index contributed by atoms with van der Waals surface area (Å²) >= 11 is 0. The van der Waals surface area contributed by atoms with Crippen LogP contribution in [-0.2, 0) is 11.0 Å². The molecule has 1 saturated heterocycles. The van der Waals surface area contributed by atoms with E-state index in [9.17, 15) is 4.21 Å². The minimum Gasteiger partial charge on any atom is -0.237 e. The van der Waals surface area contributed by atoms with E-state index in [4.69, 9.17) is 0 Å². The molecule has 0 N–H and O–H groups in total. The molecule has 1 fully saturated rings. The Labute approximate surface area is 81.2 Å². The molecular formula is C10H13NOS. The van der Waals surface area contributed by atoms with Gasteiger partial charge in [-0.3, -0.25) is 0 Å². The first-order valence-corrected chi connectivity index (χ1v) is 5.70. The first-order chi connectivity index (χ1) is 6.38. The van der Waals surface area contributed by atoms with E-state index in [1.165, 1.54) is 12.8 Å². The van der Waals surface area contributed by atoms with Crippen LogP contribution in [0.25, 0.3) is 0 Å². The number of hydrogen-bond donors (Lipinski definition) is 0. The SMILES string of the molecule is O=S(c1ccccc1)N1CCCC1. The predicted octanol–water partition coefficient (Wildman–Crippen LogP) is 1.80. The number of rotatable bonds is 2. The second-order valence-corrected chi connectivity index (χ2v) is 4.68. The molecule has 13 heavy (non-hydrogen) atoms. The highest BCUT2D eigenvalue weighted by atomic mass is 32.2. The van der Waals surface area contributed by atoms with Gasteiger partial charge < -0.3 is 0 Å². The van der Waals surface area contributed by atoms with Crippen LogP contribution in [0.3, 0.4) is 0 Å². The third kappa shape index (κ3) is 1.98. The number of benzene rings is 1. The molecule has 2 nitrogen and oxygen atoms in total. The molecule has 3 heteroatoms. The van der Waals surface area contributed by atoms with E-state index in [1.54, 1.807) is 0 Å². The first-order valence-electron chi connectivity index (χ1n) is 4.60. The van der Waals surface area contributed by atoms with Crippen LogP contribution in [0.5, 0.6) is 0 Å². The van der Waals surface area contributed by atoms with Crippen LogP contribution < -0.4 is 0 Å². The Morgan fingerprint density at radius 3 is 2.31 bits per heavy atom. The van der Waals surface area contributed by atoms with Crippen LogP contribution in [0, 0.1) is 0 Å². The van der Waals surface area contributed by atoms with Gasteiger partial charge in [-0.05, 0) is 25.0 Å². The first kappa shape index (κ1) is 8.91. The molecule has 0 spiro atoms. The van der Waals surface area contributed by atoms with Crippen molar-refractivity contribution < 1.29 is 4.21 Å². The summed E-state index contributed by atoms with van der Waals surface area (Å²) in [5.41, 5.74) is 0. The maximum Gasteiger partial charge on any atom is 0.127 e. The molecule has 1 heterocycles. The van der Waals surface area contributed by atoms with Crippen LogP contribution in [0.2, 0.25) is 0 Å². The highest BCUT2D eigenvalue weighted by Crippen LogP contribution is 2.16. The fourth-order valence-corrected chi connectivity index (χ4v) is 2.82. The Bertz CT molecular complexity index is 293. The van der Waals surface area contributed by atoms with Crippen LogP contribution >= 0.6 is 0 Å². The lowest BCUT2D eigenvalue weighted by atomic mass is 10.4. The third-order valence-corrected chi connectivity index (χ3v) is 3.75. The van der Waals surface area contributed by atoms with Gasteiger partial charge in [-0.1, -0.05) is 18.2 Å². The van der Waals surface area contributed by atoms with Crippen LogP contribution in [-0.4, -0.2) is 21.6 Å². The molecular weight excluding hydrogens is 182 g/mol. The zero-order valence-corrected chi connectivity index (χ0v) is 8.30. The molecule has 1 atom stereocenters. The molecule has 1 aliphatic rings. The quantitative estimate of drug-likeness (QED) is 0.704. The molecule has 70 valence electrons. The maximum absolute atomic E-state index is 11.9. The molecule has 1 unspecified atom stereocenters. The van der Waals surface area contributed by atoms with Crippen molar-refractivity contribution in [2.45, 2.75) is 17.7 Å². The van der Waals surface area contributed by atoms with E-state index >= 15 is 0 Å². The molecule has 0 aromatic heterocycles. The highest BCUT2D eigenvalue weighted by molar-refractivity contribution is 7.82. The summed E-state index contributed by atoms with van der Waals surface area (Å²) in [6, 6.07) is 9.67. The van der Waals surface area contributed by atoms with Gasteiger partial charge in [-0.25, -0.2) is 8.51 Å². The van der Waals surface area contributed by atoms with Gasteiger partial charge in [0.15, 0.2) is 0 Å². The summed E-state index contributed by atoms with van der Waals surface area (Å²) in [6.07, 6.45) is 2.36. The largest absolute Gasteiger partial charge is 0.237 e. The van der Waals surface area contributed by atoms with Gasteiger partial charge in [0.2, 0.25) is 0 Å². The molecule has 1 aromatic rings. The molecule has 0 amide bonds. The van der Waals surface area contributed by atoms with Gasteiger partial charge in [0.1, 0.15) is 11.0 Å². The summed E-state index contributed by atoms with van der Waals surface area (Å²) in [5, 5.41) is 0. The van der Waals surface area contributed by atoms with Crippen LogP contribution in [0.4, 0.5) is 0 Å². The third-order valence-electron chi connectivity index (χ3n) is 2.24. The normalized spacial score (nSPS) is 20.3. The molecule has 1 aliphatic heterocycles. The van der Waals surface area contributed by atoms with Crippen LogP contribution in [0.15, 0.2) is 35.2 Å². The highest BCUT2D eigenvalue weighted by Gasteiger charge is 2.18. The Morgan fingerprint density at radius 2 is 1.69 bits per heavy atom. The standard InChI is InChI=1S/C10H13NOS/c12-13(11-8-4-5-9-11)10-6-2-1-3-7-10/h1-3,6-7H,4-5,8-9H2. The topological polar surface area (TPSA) is 20.3 Å². The maximum atomic E-state index is 11.9. The second kappa shape index (κ2) is 4.03. The monoisotopic (exact) mass is 195 g/mol. The Kier molecular flexibility index (Phi) is 2.76. The van der Waals surface area contributed by atoms with Crippen molar-refractivity contribution >= 4 is 11.0 Å². The summed E-state index contributed by atoms with van der Waals surface area (Å²) in [6.45, 7) is 1.95. The zero-order chi connectivity index (χ0) is 9.10. The van der Waals surface area contributed by atoms with Gasteiger partial charge in [0, 0.05) is 13.1 Å². The molecule has 0 bridgehead atoms. The molecule has 0 aliphatic carbocycles. The Balaban J connectivity index is 2.13. The van der Waals surface area contributed by atoms with Crippen LogP contribution in [0.1, 0.15) is 12.8 Å². The fraction of sp³-hybridized carbons (Fsp3) is 0.400. The van der Waals surface area contributed by atoms with E-state index in [-0.39, 0.29) is 0 Å². The summed E-state index contributed by atoms with van der Waals surface area (Å²) in [5.74, 6) is 0. The molecule has 2 rings (SSSR count). The Morgan fingerprint density at radius 1 is 1.08 bits per heavy atom. The molecule has 0 saturated carbocycles. The van der Waals surface area contributed by atoms with Crippen molar-refractivity contribution in [2.75, 3.05) is 13.1 Å². The van der Waals surface area contributed by atoms with E-state index < -0.39 is 11.0 Å². The lowest BCUT2D eigenvalue weighted by Gasteiger charge is -2.12. The molecule has 0 radical (unpaired) electrons. The lowest BCUT2D eigenvalue weighted by Crippen LogP contribution is -2.21. The Hall–Kier alpha value is -0.670. The van der Waals surface area contributed by atoms with Gasteiger partial charge in [0.25, 0.3) is 0 Å². The van der Waals surface area contributed by atoms with E-state index in [1.807, 2.05) is 34.6 Å². The second-order valence-electron chi connectivity index (χ2n) is 3.20. The predicted molar refractivity (Wildman–Crippen MR) is 53.7 cm³/mol. The minimum absolute atomic E-state index is 0.921. The van der Waals surface area contributed by atoms with E-state index in [0.29, 0.717) is 0 Å². The molecule has 1 aromatic carbocycles. The number of hydrogen-bond acceptors (Lipinski definition) is 1. The zero-order valence-electron chi connectivity index (χ0n) is 7.48. The van der Waals surface area contributed by atoms with Gasteiger partial charge >= 0.3 is 0 Å². The van der Waals surface area contributed by atoms with Crippen molar-refractivity contribution in [2.24, 2.45) is 0 Å². The summed E-state index contributed by atoms with van der Waals surface area (Å²) in [4.78, 5) is 0.921.